The molecule has 1 saturated heterocycles. The number of aromatic hydroxyl groups is 1. The summed E-state index contributed by atoms with van der Waals surface area (Å²) in [7, 11) is 2.84. The van der Waals surface area contributed by atoms with Gasteiger partial charge in [0.2, 0.25) is 11.8 Å². The molecule has 282 valence electrons. The Hall–Kier alpha value is -6.76. The fourth-order valence-electron chi connectivity index (χ4n) is 9.82. The molecule has 8 rings (SSSR count). The van der Waals surface area contributed by atoms with Gasteiger partial charge in [0.05, 0.1) is 32.8 Å². The number of amides is 2. The number of hydrogen-bond acceptors (Lipinski definition) is 10. The van der Waals surface area contributed by atoms with Crippen LogP contribution in [0.5, 0.6) is 5.75 Å². The van der Waals surface area contributed by atoms with Gasteiger partial charge in [0.1, 0.15) is 5.75 Å². The second-order valence-electron chi connectivity index (χ2n) is 15.1. The van der Waals surface area contributed by atoms with Gasteiger partial charge in [0, 0.05) is 43.6 Å². The molecule has 0 bridgehead atoms. The number of nitrogens with zero attached hydrogens (tertiary/aromatic N) is 4. The number of rotatable bonds is 7. The van der Waals surface area contributed by atoms with Crippen LogP contribution in [0.4, 0.5) is 22.7 Å². The number of aryl methyl sites for hydroxylation is 1. The molecule has 2 fully saturated rings. The number of Topliss-reactive ketones (excluding diaryl/α,β-unsaturated/α-hetero) is 1. The minimum Gasteiger partial charge on any atom is -0.508 e. The Balaban J connectivity index is 1.33. The summed E-state index contributed by atoms with van der Waals surface area (Å²) in [4.78, 5) is 84.3. The molecule has 0 spiro atoms. The molecule has 1 heterocycles. The van der Waals surface area contributed by atoms with E-state index in [0.717, 1.165) is 17.0 Å². The largest absolute Gasteiger partial charge is 0.508 e. The fraction of sp³-hybridized carbons (Fsp3) is 0.256. The quantitative estimate of drug-likeness (QED) is 0.0934. The van der Waals surface area contributed by atoms with Crippen molar-refractivity contribution < 1.29 is 34.1 Å². The number of anilines is 2. The third kappa shape index (κ3) is 5.21. The van der Waals surface area contributed by atoms with E-state index in [1.54, 1.807) is 43.3 Å². The Morgan fingerprint density at radius 1 is 0.821 bits per heavy atom. The first-order valence-electron chi connectivity index (χ1n) is 18.2. The monoisotopic (exact) mass is 752 g/mol. The van der Waals surface area contributed by atoms with Crippen LogP contribution in [0.1, 0.15) is 41.0 Å². The molecule has 6 atom stereocenters. The molecule has 1 N–H and O–H groups in total. The van der Waals surface area contributed by atoms with E-state index in [-0.39, 0.29) is 47.1 Å². The Morgan fingerprint density at radius 3 is 2.04 bits per heavy atom. The second-order valence-corrected chi connectivity index (χ2v) is 15.1. The molecule has 4 aromatic rings. The van der Waals surface area contributed by atoms with Crippen molar-refractivity contribution in [3.05, 3.63) is 151 Å². The molecule has 4 aliphatic rings. The van der Waals surface area contributed by atoms with E-state index in [9.17, 15) is 34.9 Å². The number of imide groups is 1. The number of nitro groups is 2. The predicted molar refractivity (Wildman–Crippen MR) is 206 cm³/mol. The lowest BCUT2D eigenvalue weighted by Gasteiger charge is -2.55. The number of hydrogen-bond donors (Lipinski definition) is 1. The van der Waals surface area contributed by atoms with Crippen LogP contribution in [-0.2, 0) is 24.6 Å². The minimum atomic E-state index is -1.47. The molecule has 3 aliphatic carbocycles. The van der Waals surface area contributed by atoms with E-state index in [1.165, 1.54) is 31.1 Å². The van der Waals surface area contributed by atoms with Gasteiger partial charge in [-0.1, -0.05) is 84.4 Å². The van der Waals surface area contributed by atoms with Crippen molar-refractivity contribution in [2.75, 3.05) is 23.9 Å². The minimum absolute atomic E-state index is 0.0247. The van der Waals surface area contributed by atoms with Crippen molar-refractivity contribution in [2.45, 2.75) is 31.1 Å². The zero-order chi connectivity index (χ0) is 39.8. The van der Waals surface area contributed by atoms with Crippen LogP contribution in [0, 0.1) is 50.8 Å². The van der Waals surface area contributed by atoms with Gasteiger partial charge >= 0.3 is 11.4 Å². The number of benzene rings is 4. The van der Waals surface area contributed by atoms with Gasteiger partial charge in [-0.2, -0.15) is 0 Å². The summed E-state index contributed by atoms with van der Waals surface area (Å²) in [6, 6.07) is 25.0. The Morgan fingerprint density at radius 2 is 1.45 bits per heavy atom. The predicted octanol–water partition coefficient (Wildman–Crippen LogP) is 6.61. The maximum absolute atomic E-state index is 15.2. The molecule has 1 saturated carbocycles. The van der Waals surface area contributed by atoms with Crippen molar-refractivity contribution in [1.82, 2.24) is 0 Å². The van der Waals surface area contributed by atoms with Crippen molar-refractivity contribution in [3.63, 3.8) is 0 Å². The summed E-state index contributed by atoms with van der Waals surface area (Å²) < 4.78 is 0. The van der Waals surface area contributed by atoms with Crippen molar-refractivity contribution in [3.8, 4) is 5.75 Å². The molecule has 13 nitrogen and oxygen atoms in total. The topological polar surface area (TPSA) is 181 Å². The summed E-state index contributed by atoms with van der Waals surface area (Å²) in [6.45, 7) is 1.73. The van der Waals surface area contributed by atoms with Crippen LogP contribution in [0.3, 0.4) is 0 Å². The first-order valence-corrected chi connectivity index (χ1v) is 18.2. The molecule has 0 radical (unpaired) electrons. The third-order valence-electron chi connectivity index (χ3n) is 12.1. The molecule has 0 unspecified atom stereocenters. The van der Waals surface area contributed by atoms with Crippen LogP contribution in [0.15, 0.2) is 109 Å². The van der Waals surface area contributed by atoms with Gasteiger partial charge in [-0.25, -0.2) is 4.90 Å². The third-order valence-corrected chi connectivity index (χ3v) is 12.1. The number of ketones is 2. The molecule has 1 aliphatic heterocycles. The highest BCUT2D eigenvalue weighted by Gasteiger charge is 2.66. The van der Waals surface area contributed by atoms with Gasteiger partial charge in [-0.15, -0.1) is 0 Å². The molecule has 13 heteroatoms. The summed E-state index contributed by atoms with van der Waals surface area (Å²) >= 11 is 0. The van der Waals surface area contributed by atoms with Crippen molar-refractivity contribution in [2.24, 2.45) is 23.7 Å². The van der Waals surface area contributed by atoms with E-state index in [2.05, 4.69) is 0 Å². The number of carbonyl (C=O) groups excluding carboxylic acids is 4. The van der Waals surface area contributed by atoms with E-state index < -0.39 is 68.0 Å². The maximum Gasteiger partial charge on any atom is 0.301 e. The normalized spacial score (nSPS) is 25.5. The number of phenols is 1. The number of phenolic OH excluding ortho intramolecular Hbond substituents is 1. The first-order chi connectivity index (χ1) is 26.8. The molecule has 4 aromatic carbocycles. The molecular weight excluding hydrogens is 716 g/mol. The first kappa shape index (κ1) is 36.2. The highest BCUT2D eigenvalue weighted by molar-refractivity contribution is 6.32. The molecule has 0 aromatic heterocycles. The summed E-state index contributed by atoms with van der Waals surface area (Å²) in [5.74, 6) is -6.44. The van der Waals surface area contributed by atoms with Crippen LogP contribution < -0.4 is 9.80 Å². The lowest BCUT2D eigenvalue weighted by atomic mass is 9.44. The highest BCUT2D eigenvalue weighted by atomic mass is 16.6. The number of carbonyl (C=O) groups is 4. The standard InChI is InChI=1S/C43H36N4O9/c1-23-18-25(14-17-35(23)48)38-28-15-16-29-37(42(52)45(41(29)51)27-19-33(46(53)54)39(44(2)3)34(20-27)47(55)56)31(28)21-32-40(50)30(24-10-6-4-7-11-24)22-36(49)43(32,38)26-12-8-5-9-13-26/h4-15,17-20,22,29,31-32,37-38,48H,16,21H2,1-3H3/t29-,31+,32-,37-,38-,43-/m0/s1. The molecule has 56 heavy (non-hydrogen) atoms. The van der Waals surface area contributed by atoms with Gasteiger partial charge in [0.25, 0.3) is 0 Å². The van der Waals surface area contributed by atoms with E-state index in [1.807, 2.05) is 42.5 Å². The molecule has 2 amide bonds. The zero-order valence-corrected chi connectivity index (χ0v) is 30.6. The van der Waals surface area contributed by atoms with Crippen molar-refractivity contribution >= 4 is 51.7 Å². The maximum atomic E-state index is 15.2. The van der Waals surface area contributed by atoms with Gasteiger partial charge in [0.15, 0.2) is 17.3 Å². The van der Waals surface area contributed by atoms with Gasteiger partial charge in [-0.3, -0.25) is 39.4 Å². The van der Waals surface area contributed by atoms with E-state index >= 15 is 9.59 Å². The van der Waals surface area contributed by atoms with Crippen LogP contribution >= 0.6 is 0 Å². The van der Waals surface area contributed by atoms with Crippen LogP contribution in [-0.4, -0.2) is 52.4 Å². The lowest BCUT2D eigenvalue weighted by molar-refractivity contribution is -0.392. The number of fused-ring (bicyclic) bond motifs is 4. The van der Waals surface area contributed by atoms with E-state index in [0.29, 0.717) is 27.8 Å². The lowest BCUT2D eigenvalue weighted by Crippen LogP contribution is -2.58. The Labute approximate surface area is 320 Å². The van der Waals surface area contributed by atoms with E-state index in [4.69, 9.17) is 0 Å². The number of allylic oxidation sites excluding steroid dienone is 4. The molecular formula is C43H36N4O9. The SMILES string of the molecule is Cc1cc([C@H]2C3=CC[C@@H]4C(=O)N(c5cc([N+](=O)[O-])c(N(C)C)c([N+](=O)[O-])c5)C(=O)[C@@H]4[C@@H]3C[C@H]3C(=O)C(c4ccccc4)=CC(=O)[C@@]23c2ccccc2)ccc1O. The second kappa shape index (κ2) is 13.2. The van der Waals surface area contributed by atoms with Gasteiger partial charge < -0.3 is 10.0 Å². The average Bonchev–Trinajstić information content (AvgIpc) is 3.45. The average molecular weight is 753 g/mol. The summed E-state index contributed by atoms with van der Waals surface area (Å²) in [5, 5.41) is 35.1. The Bertz CT molecular complexity index is 2420. The highest BCUT2D eigenvalue weighted by Crippen LogP contribution is 2.64. The fourth-order valence-corrected chi connectivity index (χ4v) is 9.82. The Kier molecular flexibility index (Phi) is 8.55. The smallest absolute Gasteiger partial charge is 0.301 e. The number of nitro benzene ring substituents is 2. The van der Waals surface area contributed by atoms with Crippen LogP contribution in [0.2, 0.25) is 0 Å². The van der Waals surface area contributed by atoms with Crippen LogP contribution in [0.25, 0.3) is 5.57 Å². The zero-order valence-electron chi connectivity index (χ0n) is 30.6. The van der Waals surface area contributed by atoms with Crippen molar-refractivity contribution in [1.29, 1.82) is 0 Å². The summed E-state index contributed by atoms with van der Waals surface area (Å²) in [5.41, 5.74) is -0.0558. The summed E-state index contributed by atoms with van der Waals surface area (Å²) in [6.07, 6.45) is 3.41. The van der Waals surface area contributed by atoms with Gasteiger partial charge in [-0.05, 0) is 60.1 Å².